The molecular weight excluding hydrogens is 300 g/mol. The third-order valence-electron chi connectivity index (χ3n) is 6.60. The average Bonchev–Trinajstić information content (AvgIpc) is 3.17. The van der Waals surface area contributed by atoms with Gasteiger partial charge in [0.1, 0.15) is 0 Å². The molecule has 3 heterocycles. The van der Waals surface area contributed by atoms with Crippen molar-refractivity contribution in [1.82, 2.24) is 4.90 Å². The lowest BCUT2D eigenvalue weighted by Crippen LogP contribution is -2.53. The van der Waals surface area contributed by atoms with Crippen molar-refractivity contribution >= 4 is 11.7 Å². The second kappa shape index (κ2) is 4.73. The summed E-state index contributed by atoms with van der Waals surface area (Å²) in [7, 11) is 1.50. The number of allylic oxidation sites excluding steroid dienone is 1. The largest absolute Gasteiger partial charge is 0.466 e. The van der Waals surface area contributed by atoms with Crippen molar-refractivity contribution in [2.75, 3.05) is 25.5 Å². The number of carbonyl (C=O) groups excluding carboxylic acids is 1. The number of carbonyl (C=O) groups is 1. The van der Waals surface area contributed by atoms with Gasteiger partial charge in [-0.15, -0.1) is 0 Å². The monoisotopic (exact) mass is 322 g/mol. The molecule has 1 N–H and O–H groups in total. The van der Waals surface area contributed by atoms with Crippen LogP contribution in [0.5, 0.6) is 0 Å². The van der Waals surface area contributed by atoms with E-state index in [0.29, 0.717) is 6.04 Å². The molecule has 0 amide bonds. The Hall–Kier alpha value is -2.07. The molecule has 0 aromatic heterocycles. The molecule has 1 spiro atoms. The van der Waals surface area contributed by atoms with E-state index >= 15 is 0 Å². The summed E-state index contributed by atoms with van der Waals surface area (Å²) in [6.07, 6.45) is 4.28. The molecule has 3 atom stereocenters. The van der Waals surface area contributed by atoms with Crippen LogP contribution in [-0.2, 0) is 14.9 Å². The van der Waals surface area contributed by atoms with E-state index in [1.807, 2.05) is 0 Å². The van der Waals surface area contributed by atoms with Crippen molar-refractivity contribution in [3.05, 3.63) is 52.7 Å². The summed E-state index contributed by atoms with van der Waals surface area (Å²) in [5, 5.41) is 3.62. The Morgan fingerprint density at radius 1 is 1.42 bits per heavy atom. The molecule has 4 aliphatic rings. The van der Waals surface area contributed by atoms with Gasteiger partial charge in [-0.2, -0.15) is 0 Å². The molecule has 0 radical (unpaired) electrons. The van der Waals surface area contributed by atoms with E-state index in [2.05, 4.69) is 47.5 Å². The van der Waals surface area contributed by atoms with Gasteiger partial charge < -0.3 is 10.1 Å². The van der Waals surface area contributed by atoms with Gasteiger partial charge >= 0.3 is 5.97 Å². The summed E-state index contributed by atoms with van der Waals surface area (Å²) in [6, 6.07) is 9.03. The Morgan fingerprint density at radius 3 is 3.04 bits per heavy atom. The molecule has 2 fully saturated rings. The number of anilines is 1. The summed E-state index contributed by atoms with van der Waals surface area (Å²) < 4.78 is 5.21. The van der Waals surface area contributed by atoms with Crippen LogP contribution in [0.1, 0.15) is 25.3 Å². The molecule has 0 unspecified atom stereocenters. The van der Waals surface area contributed by atoms with E-state index in [4.69, 9.17) is 4.74 Å². The van der Waals surface area contributed by atoms with E-state index in [0.717, 1.165) is 42.9 Å². The third-order valence-corrected chi connectivity index (χ3v) is 6.60. The minimum atomic E-state index is -0.173. The quantitative estimate of drug-likeness (QED) is 0.638. The van der Waals surface area contributed by atoms with Crippen LogP contribution in [0.25, 0.3) is 0 Å². The van der Waals surface area contributed by atoms with Gasteiger partial charge in [0, 0.05) is 36.4 Å². The van der Waals surface area contributed by atoms with Gasteiger partial charge in [0.15, 0.2) is 0 Å². The van der Waals surface area contributed by atoms with Crippen LogP contribution in [0.3, 0.4) is 0 Å². The SMILES string of the molecule is C/C=C1\CN2CC[C@@]34C(=C(C(=O)OC)[C@@H]1C[C@@H]23)Nc1ccccc14. The van der Waals surface area contributed by atoms with Crippen LogP contribution >= 0.6 is 0 Å². The van der Waals surface area contributed by atoms with Gasteiger partial charge in [-0.1, -0.05) is 29.8 Å². The van der Waals surface area contributed by atoms with E-state index in [9.17, 15) is 4.79 Å². The second-order valence-corrected chi connectivity index (χ2v) is 7.31. The fraction of sp³-hybridized carbons (Fsp3) is 0.450. The number of piperidine rings is 1. The van der Waals surface area contributed by atoms with Crippen LogP contribution in [0.2, 0.25) is 0 Å². The number of ether oxygens (including phenoxy) is 1. The van der Waals surface area contributed by atoms with Crippen LogP contribution in [0, 0.1) is 5.92 Å². The van der Waals surface area contributed by atoms with Crippen LogP contribution in [-0.4, -0.2) is 37.1 Å². The molecule has 24 heavy (non-hydrogen) atoms. The van der Waals surface area contributed by atoms with E-state index in [-0.39, 0.29) is 17.3 Å². The van der Waals surface area contributed by atoms with Crippen molar-refractivity contribution in [3.63, 3.8) is 0 Å². The normalized spacial score (nSPS) is 34.8. The lowest BCUT2D eigenvalue weighted by molar-refractivity contribution is -0.137. The zero-order chi connectivity index (χ0) is 16.5. The zero-order valence-corrected chi connectivity index (χ0v) is 14.1. The molecule has 124 valence electrons. The fourth-order valence-corrected chi connectivity index (χ4v) is 5.61. The fourth-order valence-electron chi connectivity index (χ4n) is 5.61. The van der Waals surface area contributed by atoms with Gasteiger partial charge in [-0.3, -0.25) is 4.90 Å². The molecule has 5 rings (SSSR count). The van der Waals surface area contributed by atoms with Crippen molar-refractivity contribution in [2.24, 2.45) is 5.92 Å². The van der Waals surface area contributed by atoms with Crippen molar-refractivity contribution in [3.8, 4) is 0 Å². The number of esters is 1. The molecule has 2 saturated heterocycles. The van der Waals surface area contributed by atoms with Crippen LogP contribution in [0.4, 0.5) is 5.69 Å². The molecule has 3 aliphatic heterocycles. The van der Waals surface area contributed by atoms with Gasteiger partial charge in [0.25, 0.3) is 0 Å². The van der Waals surface area contributed by atoms with Gasteiger partial charge in [-0.25, -0.2) is 4.79 Å². The maximum atomic E-state index is 12.7. The molecule has 4 nitrogen and oxygen atoms in total. The van der Waals surface area contributed by atoms with Gasteiger partial charge in [0.2, 0.25) is 0 Å². The Bertz CT molecular complexity index is 810. The first-order valence-corrected chi connectivity index (χ1v) is 8.79. The molecule has 1 aromatic rings. The molecule has 4 heteroatoms. The van der Waals surface area contributed by atoms with E-state index in [1.54, 1.807) is 0 Å². The molecule has 1 aromatic carbocycles. The first-order chi connectivity index (χ1) is 11.7. The summed E-state index contributed by atoms with van der Waals surface area (Å²) in [5.41, 5.74) is 5.78. The number of fused-ring (bicyclic) bond motifs is 2. The number of hydrogen-bond donors (Lipinski definition) is 1. The second-order valence-electron chi connectivity index (χ2n) is 7.31. The summed E-state index contributed by atoms with van der Waals surface area (Å²) >= 11 is 0. The Balaban J connectivity index is 1.82. The highest BCUT2D eigenvalue weighted by Gasteiger charge is 2.62. The van der Waals surface area contributed by atoms with Crippen LogP contribution in [0.15, 0.2) is 47.2 Å². The minimum Gasteiger partial charge on any atom is -0.466 e. The Kier molecular flexibility index (Phi) is 2.82. The smallest absolute Gasteiger partial charge is 0.336 e. The van der Waals surface area contributed by atoms with Gasteiger partial charge in [-0.05, 0) is 31.4 Å². The van der Waals surface area contributed by atoms with Crippen LogP contribution < -0.4 is 5.32 Å². The Labute approximate surface area is 142 Å². The summed E-state index contributed by atoms with van der Waals surface area (Å²) in [6.45, 7) is 4.15. The predicted octanol–water partition coefficient (Wildman–Crippen LogP) is 2.83. The molecule has 2 bridgehead atoms. The van der Waals surface area contributed by atoms with Crippen molar-refractivity contribution in [1.29, 1.82) is 0 Å². The lowest BCUT2D eigenvalue weighted by atomic mass is 9.62. The van der Waals surface area contributed by atoms with Crippen molar-refractivity contribution in [2.45, 2.75) is 31.2 Å². The number of methoxy groups -OCH3 is 1. The van der Waals surface area contributed by atoms with Crippen molar-refractivity contribution < 1.29 is 9.53 Å². The van der Waals surface area contributed by atoms with E-state index in [1.165, 1.54) is 18.2 Å². The van der Waals surface area contributed by atoms with Gasteiger partial charge in [0.05, 0.1) is 18.1 Å². The molecule has 0 saturated carbocycles. The first-order valence-electron chi connectivity index (χ1n) is 8.79. The number of hydrogen-bond acceptors (Lipinski definition) is 4. The number of nitrogens with one attached hydrogen (secondary N) is 1. The summed E-state index contributed by atoms with van der Waals surface area (Å²) in [5.74, 6) is 0.0135. The third kappa shape index (κ3) is 1.50. The maximum absolute atomic E-state index is 12.7. The summed E-state index contributed by atoms with van der Waals surface area (Å²) in [4.78, 5) is 15.3. The molecule has 1 aliphatic carbocycles. The number of rotatable bonds is 1. The minimum absolute atomic E-state index is 0.0596. The lowest BCUT2D eigenvalue weighted by Gasteiger charge is -2.48. The Morgan fingerprint density at radius 2 is 2.25 bits per heavy atom. The standard InChI is InChI=1S/C20H22N2O2/c1-3-12-11-22-9-8-20-14-6-4-5-7-15(14)21-18(20)17(19(23)24-2)13(12)10-16(20)22/h3-7,13,16,21H,8-11H2,1-2H3/b12-3+/t13-,16-,20+/m1/s1. The highest BCUT2D eigenvalue weighted by Crippen LogP contribution is 2.61. The number of nitrogens with zero attached hydrogens (tertiary/aromatic N) is 1. The topological polar surface area (TPSA) is 41.6 Å². The number of para-hydroxylation sites is 1. The zero-order valence-electron chi connectivity index (χ0n) is 14.1. The number of benzene rings is 1. The maximum Gasteiger partial charge on any atom is 0.336 e. The van der Waals surface area contributed by atoms with E-state index < -0.39 is 0 Å². The first kappa shape index (κ1) is 14.3. The molecular formula is C20H22N2O2. The highest BCUT2D eigenvalue weighted by atomic mass is 16.5. The average molecular weight is 322 g/mol. The highest BCUT2D eigenvalue weighted by molar-refractivity contribution is 5.94. The predicted molar refractivity (Wildman–Crippen MR) is 92.6 cm³/mol.